The number of hydrogen-bond acceptors (Lipinski definition) is 8. The second kappa shape index (κ2) is 5.68. The molecule has 4 N–H and O–H groups in total. The number of allylic oxidation sites excluding steroid dienone is 1. The molecule has 0 unspecified atom stereocenters. The van der Waals surface area contributed by atoms with Crippen molar-refractivity contribution >= 4 is 17.6 Å². The highest BCUT2D eigenvalue weighted by molar-refractivity contribution is 6.02. The van der Waals surface area contributed by atoms with Crippen LogP contribution >= 0.6 is 0 Å². The van der Waals surface area contributed by atoms with Gasteiger partial charge in [0.2, 0.25) is 11.7 Å². The predicted octanol–water partition coefficient (Wildman–Crippen LogP) is 0.0474. The van der Waals surface area contributed by atoms with Crippen LogP contribution in [0.25, 0.3) is 0 Å². The quantitative estimate of drug-likeness (QED) is 0.440. The average molecular weight is 264 g/mol. The first kappa shape index (κ1) is 14.2. The SMILES string of the molecule is CC(N)=C(C#N)C(=O)COC(=O)c1c(C)noc1N. The van der Waals surface area contributed by atoms with E-state index in [0.717, 1.165) is 0 Å². The zero-order valence-corrected chi connectivity index (χ0v) is 10.4. The first-order valence-electron chi connectivity index (χ1n) is 5.17. The number of nitrogens with two attached hydrogens (primary N) is 2. The monoisotopic (exact) mass is 264 g/mol. The minimum Gasteiger partial charge on any atom is -0.453 e. The van der Waals surface area contributed by atoms with E-state index in [1.165, 1.54) is 13.8 Å². The van der Waals surface area contributed by atoms with Crippen molar-refractivity contribution in [1.82, 2.24) is 5.16 Å². The Morgan fingerprint density at radius 1 is 1.53 bits per heavy atom. The number of Topliss-reactive ketones (excluding diaryl/α,β-unsaturated/α-hetero) is 1. The average Bonchev–Trinajstić information content (AvgIpc) is 2.66. The number of aryl methyl sites for hydroxylation is 1. The molecular formula is C11H12N4O4. The number of hydrogen-bond donors (Lipinski definition) is 2. The van der Waals surface area contributed by atoms with E-state index < -0.39 is 18.4 Å². The van der Waals surface area contributed by atoms with Crippen molar-refractivity contribution in [3.05, 3.63) is 22.5 Å². The summed E-state index contributed by atoms with van der Waals surface area (Å²) in [7, 11) is 0. The van der Waals surface area contributed by atoms with Crippen LogP contribution < -0.4 is 11.5 Å². The van der Waals surface area contributed by atoms with Crippen molar-refractivity contribution in [2.24, 2.45) is 5.73 Å². The molecule has 0 saturated carbocycles. The van der Waals surface area contributed by atoms with Gasteiger partial charge in [0.15, 0.2) is 6.61 Å². The fourth-order valence-corrected chi connectivity index (χ4v) is 1.28. The third-order valence-corrected chi connectivity index (χ3v) is 2.21. The minimum atomic E-state index is -0.850. The number of ketones is 1. The molecule has 0 fully saturated rings. The highest BCUT2D eigenvalue weighted by Gasteiger charge is 2.22. The summed E-state index contributed by atoms with van der Waals surface area (Å²) in [4.78, 5) is 23.2. The van der Waals surface area contributed by atoms with Crippen LogP contribution in [0.4, 0.5) is 5.88 Å². The van der Waals surface area contributed by atoms with Crippen molar-refractivity contribution in [3.63, 3.8) is 0 Å². The second-order valence-corrected chi connectivity index (χ2v) is 3.68. The number of nitrogen functional groups attached to an aromatic ring is 1. The van der Waals surface area contributed by atoms with Gasteiger partial charge in [0.1, 0.15) is 17.2 Å². The maximum atomic E-state index is 11.6. The van der Waals surface area contributed by atoms with Crippen LogP contribution in [0.15, 0.2) is 15.8 Å². The predicted molar refractivity (Wildman–Crippen MR) is 63.4 cm³/mol. The van der Waals surface area contributed by atoms with Crippen LogP contribution in [0.1, 0.15) is 23.0 Å². The van der Waals surface area contributed by atoms with Crippen LogP contribution in [0.5, 0.6) is 0 Å². The molecule has 0 aliphatic rings. The molecule has 1 rings (SSSR count). The van der Waals surface area contributed by atoms with Crippen LogP contribution in [0, 0.1) is 18.3 Å². The van der Waals surface area contributed by atoms with E-state index in [-0.39, 0.29) is 28.4 Å². The molecule has 1 aromatic heterocycles. The molecule has 0 radical (unpaired) electrons. The molecule has 19 heavy (non-hydrogen) atoms. The number of aromatic nitrogens is 1. The molecule has 100 valence electrons. The van der Waals surface area contributed by atoms with E-state index in [9.17, 15) is 9.59 Å². The van der Waals surface area contributed by atoms with Crippen LogP contribution in [0.2, 0.25) is 0 Å². The van der Waals surface area contributed by atoms with E-state index in [1.807, 2.05) is 0 Å². The van der Waals surface area contributed by atoms with Gasteiger partial charge in [-0.1, -0.05) is 5.16 Å². The number of ether oxygens (including phenoxy) is 1. The third-order valence-electron chi connectivity index (χ3n) is 2.21. The zero-order chi connectivity index (χ0) is 14.6. The topological polar surface area (TPSA) is 145 Å². The Morgan fingerprint density at radius 3 is 2.58 bits per heavy atom. The van der Waals surface area contributed by atoms with E-state index in [1.54, 1.807) is 6.07 Å². The zero-order valence-electron chi connectivity index (χ0n) is 10.4. The molecule has 0 bridgehead atoms. The first-order chi connectivity index (χ1) is 8.88. The van der Waals surface area contributed by atoms with Gasteiger partial charge in [-0.2, -0.15) is 5.26 Å². The molecule has 0 aromatic carbocycles. The molecule has 0 aliphatic carbocycles. The number of anilines is 1. The Hall–Kier alpha value is -2.82. The summed E-state index contributed by atoms with van der Waals surface area (Å²) >= 11 is 0. The van der Waals surface area contributed by atoms with Gasteiger partial charge in [0, 0.05) is 5.70 Å². The van der Waals surface area contributed by atoms with E-state index in [2.05, 4.69) is 9.68 Å². The molecule has 1 aromatic rings. The maximum absolute atomic E-state index is 11.6. The number of carbonyl (C=O) groups is 2. The van der Waals surface area contributed by atoms with E-state index >= 15 is 0 Å². The molecule has 8 heteroatoms. The van der Waals surface area contributed by atoms with Gasteiger partial charge in [-0.25, -0.2) is 4.79 Å². The number of nitrogens with zero attached hydrogens (tertiary/aromatic N) is 2. The number of esters is 1. The van der Waals surface area contributed by atoms with Gasteiger partial charge >= 0.3 is 5.97 Å². The summed E-state index contributed by atoms with van der Waals surface area (Å²) in [6.45, 7) is 2.30. The summed E-state index contributed by atoms with van der Waals surface area (Å²) in [5.74, 6) is -1.74. The summed E-state index contributed by atoms with van der Waals surface area (Å²) in [6, 6.07) is 1.64. The Morgan fingerprint density at radius 2 is 2.16 bits per heavy atom. The van der Waals surface area contributed by atoms with Crippen LogP contribution in [0.3, 0.4) is 0 Å². The number of nitriles is 1. The Bertz CT molecular complexity index is 571. The van der Waals surface area contributed by atoms with Crippen LogP contribution in [-0.2, 0) is 9.53 Å². The summed E-state index contributed by atoms with van der Waals surface area (Å²) in [5, 5.41) is 12.2. The van der Waals surface area contributed by atoms with Crippen molar-refractivity contribution in [2.75, 3.05) is 12.3 Å². The van der Waals surface area contributed by atoms with Crippen molar-refractivity contribution in [2.45, 2.75) is 13.8 Å². The summed E-state index contributed by atoms with van der Waals surface area (Å²) in [5.41, 5.74) is 10.8. The molecule has 0 spiro atoms. The van der Waals surface area contributed by atoms with Crippen molar-refractivity contribution in [1.29, 1.82) is 5.26 Å². The lowest BCUT2D eigenvalue weighted by atomic mass is 10.1. The van der Waals surface area contributed by atoms with Gasteiger partial charge in [-0.05, 0) is 13.8 Å². The van der Waals surface area contributed by atoms with Crippen LogP contribution in [-0.4, -0.2) is 23.5 Å². The number of carbonyl (C=O) groups excluding carboxylic acids is 2. The fourth-order valence-electron chi connectivity index (χ4n) is 1.28. The maximum Gasteiger partial charge on any atom is 0.346 e. The summed E-state index contributed by atoms with van der Waals surface area (Å²) < 4.78 is 9.32. The van der Waals surface area contributed by atoms with Crippen molar-refractivity contribution in [3.8, 4) is 6.07 Å². The molecule has 1 heterocycles. The molecule has 0 amide bonds. The lowest BCUT2D eigenvalue weighted by molar-refractivity contribution is -0.118. The second-order valence-electron chi connectivity index (χ2n) is 3.68. The third kappa shape index (κ3) is 3.10. The largest absolute Gasteiger partial charge is 0.453 e. The van der Waals surface area contributed by atoms with E-state index in [4.69, 9.17) is 21.5 Å². The van der Waals surface area contributed by atoms with Crippen molar-refractivity contribution < 1.29 is 18.8 Å². The fraction of sp³-hybridized carbons (Fsp3) is 0.273. The number of rotatable bonds is 4. The molecule has 0 aliphatic heterocycles. The van der Waals surface area contributed by atoms with Gasteiger partial charge in [-0.15, -0.1) is 0 Å². The summed E-state index contributed by atoms with van der Waals surface area (Å²) in [6.07, 6.45) is 0. The van der Waals surface area contributed by atoms with Gasteiger partial charge < -0.3 is 20.7 Å². The lowest BCUT2D eigenvalue weighted by Crippen LogP contribution is -2.18. The Balaban J connectivity index is 2.74. The van der Waals surface area contributed by atoms with Gasteiger partial charge in [0.25, 0.3) is 0 Å². The highest BCUT2D eigenvalue weighted by atomic mass is 16.5. The van der Waals surface area contributed by atoms with Gasteiger partial charge in [0.05, 0.1) is 5.69 Å². The smallest absolute Gasteiger partial charge is 0.346 e. The Labute approximate surface area is 108 Å². The highest BCUT2D eigenvalue weighted by Crippen LogP contribution is 2.16. The molecule has 0 saturated heterocycles. The normalized spacial score (nSPS) is 11.4. The van der Waals surface area contributed by atoms with E-state index in [0.29, 0.717) is 0 Å². The lowest BCUT2D eigenvalue weighted by Gasteiger charge is -2.03. The minimum absolute atomic E-state index is 0.0419. The standard InChI is InChI=1S/C11H12N4O4/c1-5(13)7(3-12)8(16)4-18-11(17)9-6(2)15-19-10(9)14/h4,13-14H2,1-2H3. The molecule has 8 nitrogen and oxygen atoms in total. The first-order valence-corrected chi connectivity index (χ1v) is 5.17. The Kier molecular flexibility index (Phi) is 4.26. The van der Waals surface area contributed by atoms with Gasteiger partial charge in [-0.3, -0.25) is 4.79 Å². The molecular weight excluding hydrogens is 252 g/mol. The molecule has 0 atom stereocenters.